The van der Waals surface area contributed by atoms with Crippen LogP contribution in [0.3, 0.4) is 0 Å². The van der Waals surface area contributed by atoms with E-state index in [-0.39, 0.29) is 4.90 Å². The maximum absolute atomic E-state index is 12.6. The van der Waals surface area contributed by atoms with E-state index in [9.17, 15) is 8.42 Å². The first-order chi connectivity index (χ1) is 13.1. The minimum absolute atomic E-state index is 0.196. The fourth-order valence-electron chi connectivity index (χ4n) is 3.07. The molecule has 0 spiro atoms. The van der Waals surface area contributed by atoms with Crippen molar-refractivity contribution in [2.24, 2.45) is 0 Å². The Balaban J connectivity index is 1.48. The van der Waals surface area contributed by atoms with E-state index in [1.807, 2.05) is 30.3 Å². The second-order valence-electron chi connectivity index (χ2n) is 6.24. The second-order valence-corrected chi connectivity index (χ2v) is 8.18. The van der Waals surface area contributed by atoms with Crippen molar-refractivity contribution in [3.63, 3.8) is 0 Å². The first-order valence-corrected chi connectivity index (χ1v) is 10.2. The number of anilines is 1. The largest absolute Gasteiger partial charge is 0.379 e. The van der Waals surface area contributed by atoms with Gasteiger partial charge in [-0.1, -0.05) is 24.3 Å². The van der Waals surface area contributed by atoms with Crippen LogP contribution >= 0.6 is 0 Å². The molecule has 0 radical (unpaired) electrons. The number of nitrogens with zero attached hydrogens (tertiary/aromatic N) is 3. The summed E-state index contributed by atoms with van der Waals surface area (Å²) in [5.74, 6) is 0.615. The van der Waals surface area contributed by atoms with E-state index in [4.69, 9.17) is 4.74 Å². The summed E-state index contributed by atoms with van der Waals surface area (Å²) in [6.45, 7) is 2.14. The molecule has 140 valence electrons. The number of nitrogens with one attached hydrogen (secondary N) is 1. The summed E-state index contributed by atoms with van der Waals surface area (Å²) < 4.78 is 31.9. The van der Waals surface area contributed by atoms with Crippen LogP contribution in [-0.2, 0) is 21.3 Å². The van der Waals surface area contributed by atoms with Crippen molar-refractivity contribution in [2.75, 3.05) is 31.6 Å². The molecule has 3 aromatic rings. The highest BCUT2D eigenvalue weighted by atomic mass is 32.2. The normalized spacial score (nSPS) is 15.7. The first-order valence-electron chi connectivity index (χ1n) is 8.75. The monoisotopic (exact) mass is 384 g/mol. The molecular formula is C19H20N4O3S. The molecule has 3 heterocycles. The highest BCUT2D eigenvalue weighted by molar-refractivity contribution is 7.89. The van der Waals surface area contributed by atoms with Gasteiger partial charge in [0, 0.05) is 37.4 Å². The van der Waals surface area contributed by atoms with E-state index in [2.05, 4.69) is 15.3 Å². The van der Waals surface area contributed by atoms with Gasteiger partial charge in [0.05, 0.1) is 18.7 Å². The number of pyridine rings is 2. The second kappa shape index (κ2) is 7.59. The maximum Gasteiger partial charge on any atom is 0.244 e. The van der Waals surface area contributed by atoms with E-state index in [0.29, 0.717) is 38.7 Å². The number of fused-ring (bicyclic) bond motifs is 1. The van der Waals surface area contributed by atoms with Crippen molar-refractivity contribution in [3.8, 4) is 0 Å². The van der Waals surface area contributed by atoms with E-state index in [1.54, 1.807) is 18.3 Å². The molecule has 0 saturated carbocycles. The van der Waals surface area contributed by atoms with Crippen LogP contribution < -0.4 is 5.32 Å². The molecule has 1 N–H and O–H groups in total. The van der Waals surface area contributed by atoms with Gasteiger partial charge in [-0.25, -0.2) is 13.4 Å². The third kappa shape index (κ3) is 3.78. The van der Waals surface area contributed by atoms with E-state index in [0.717, 1.165) is 16.5 Å². The van der Waals surface area contributed by atoms with Crippen LogP contribution in [0.1, 0.15) is 5.56 Å². The van der Waals surface area contributed by atoms with E-state index < -0.39 is 10.0 Å². The van der Waals surface area contributed by atoms with Crippen LogP contribution in [0.5, 0.6) is 0 Å². The van der Waals surface area contributed by atoms with Crippen molar-refractivity contribution in [2.45, 2.75) is 11.4 Å². The van der Waals surface area contributed by atoms with Crippen LogP contribution in [0.2, 0.25) is 0 Å². The number of sulfonamides is 1. The Bertz CT molecular complexity index is 1030. The van der Waals surface area contributed by atoms with Gasteiger partial charge < -0.3 is 10.1 Å². The van der Waals surface area contributed by atoms with Gasteiger partial charge in [0.1, 0.15) is 10.7 Å². The molecule has 1 aromatic carbocycles. The van der Waals surface area contributed by atoms with Crippen LogP contribution in [0.4, 0.5) is 5.82 Å². The lowest BCUT2D eigenvalue weighted by molar-refractivity contribution is 0.0730. The lowest BCUT2D eigenvalue weighted by atomic mass is 10.1. The Morgan fingerprint density at radius 2 is 1.85 bits per heavy atom. The summed E-state index contributed by atoms with van der Waals surface area (Å²) in [6, 6.07) is 13.2. The molecule has 0 unspecified atom stereocenters. The third-order valence-electron chi connectivity index (χ3n) is 4.52. The molecule has 0 bridgehead atoms. The summed E-state index contributed by atoms with van der Waals surface area (Å²) in [5.41, 5.74) is 2.00. The number of ether oxygens (including phenoxy) is 1. The highest BCUT2D eigenvalue weighted by Gasteiger charge is 2.26. The molecule has 0 atom stereocenters. The molecule has 4 rings (SSSR count). The topological polar surface area (TPSA) is 84.4 Å². The third-order valence-corrected chi connectivity index (χ3v) is 6.40. The Kier molecular flexibility index (Phi) is 5.02. The molecule has 0 amide bonds. The van der Waals surface area contributed by atoms with Gasteiger partial charge in [-0.15, -0.1) is 0 Å². The van der Waals surface area contributed by atoms with Crippen molar-refractivity contribution >= 4 is 26.7 Å². The lowest BCUT2D eigenvalue weighted by Gasteiger charge is -2.25. The molecule has 1 aliphatic rings. The van der Waals surface area contributed by atoms with Gasteiger partial charge in [0.15, 0.2) is 0 Å². The van der Waals surface area contributed by atoms with E-state index in [1.165, 1.54) is 10.5 Å². The summed E-state index contributed by atoms with van der Waals surface area (Å²) >= 11 is 0. The van der Waals surface area contributed by atoms with Crippen LogP contribution in [0, 0.1) is 0 Å². The van der Waals surface area contributed by atoms with Gasteiger partial charge >= 0.3 is 0 Å². The van der Waals surface area contributed by atoms with E-state index >= 15 is 0 Å². The van der Waals surface area contributed by atoms with Crippen molar-refractivity contribution in [1.82, 2.24) is 14.3 Å². The van der Waals surface area contributed by atoms with Gasteiger partial charge in [0.25, 0.3) is 0 Å². The Labute approximate surface area is 158 Å². The molecular weight excluding hydrogens is 364 g/mol. The highest BCUT2D eigenvalue weighted by Crippen LogP contribution is 2.19. The van der Waals surface area contributed by atoms with Crippen molar-refractivity contribution in [3.05, 3.63) is 60.4 Å². The Morgan fingerprint density at radius 3 is 2.63 bits per heavy atom. The summed E-state index contributed by atoms with van der Waals surface area (Å²) in [5, 5.41) is 4.31. The number of hydrogen-bond donors (Lipinski definition) is 1. The van der Waals surface area contributed by atoms with Gasteiger partial charge in [-0.3, -0.25) is 4.98 Å². The van der Waals surface area contributed by atoms with Gasteiger partial charge in [-0.2, -0.15) is 4.31 Å². The number of morpholine rings is 1. The zero-order chi connectivity index (χ0) is 18.7. The zero-order valence-corrected chi connectivity index (χ0v) is 15.5. The predicted molar refractivity (Wildman–Crippen MR) is 103 cm³/mol. The zero-order valence-electron chi connectivity index (χ0n) is 14.7. The molecule has 1 fully saturated rings. The van der Waals surface area contributed by atoms with Crippen molar-refractivity contribution in [1.29, 1.82) is 0 Å². The summed E-state index contributed by atoms with van der Waals surface area (Å²) in [6.07, 6.45) is 3.17. The number of hydrogen-bond acceptors (Lipinski definition) is 6. The number of benzene rings is 1. The van der Waals surface area contributed by atoms with Gasteiger partial charge in [-0.05, 0) is 23.8 Å². The fourth-order valence-corrected chi connectivity index (χ4v) is 4.42. The minimum atomic E-state index is -3.52. The average Bonchev–Trinajstić information content (AvgIpc) is 2.73. The van der Waals surface area contributed by atoms with Crippen LogP contribution in [0.15, 0.2) is 59.8 Å². The SMILES string of the molecule is O=S(=O)(c1ccc(NCc2cccc3cccnc23)nc1)N1CCOCC1. The fraction of sp³-hybridized carbons (Fsp3) is 0.263. The molecule has 7 nitrogen and oxygen atoms in total. The average molecular weight is 384 g/mol. The summed E-state index contributed by atoms with van der Waals surface area (Å²) in [7, 11) is -3.52. The number of rotatable bonds is 5. The smallest absolute Gasteiger partial charge is 0.244 e. The molecule has 1 saturated heterocycles. The Hall–Kier alpha value is -2.55. The Morgan fingerprint density at radius 1 is 1.04 bits per heavy atom. The number of para-hydroxylation sites is 1. The molecule has 2 aromatic heterocycles. The number of aromatic nitrogens is 2. The lowest BCUT2D eigenvalue weighted by Crippen LogP contribution is -2.40. The van der Waals surface area contributed by atoms with Crippen molar-refractivity contribution < 1.29 is 13.2 Å². The molecule has 27 heavy (non-hydrogen) atoms. The van der Waals surface area contributed by atoms with Gasteiger partial charge in [0.2, 0.25) is 10.0 Å². The minimum Gasteiger partial charge on any atom is -0.379 e. The first kappa shape index (κ1) is 17.8. The molecule has 0 aliphatic carbocycles. The summed E-state index contributed by atoms with van der Waals surface area (Å²) in [4.78, 5) is 8.90. The molecule has 8 heteroatoms. The predicted octanol–water partition coefficient (Wildman–Crippen LogP) is 2.26. The van der Waals surface area contributed by atoms with Crippen LogP contribution in [0.25, 0.3) is 10.9 Å². The standard InChI is InChI=1S/C19H20N4O3S/c24-27(25,23-9-11-26-12-10-23)17-6-7-18(22-14-17)21-13-16-4-1-3-15-5-2-8-20-19(15)16/h1-8,14H,9-13H2,(H,21,22). The maximum atomic E-state index is 12.6. The molecule has 1 aliphatic heterocycles. The quantitative estimate of drug-likeness (QED) is 0.726. The van der Waals surface area contributed by atoms with Crippen LogP contribution in [-0.4, -0.2) is 49.0 Å².